The molecule has 3 rings (SSSR count). The van der Waals surface area contributed by atoms with Crippen molar-refractivity contribution in [2.75, 3.05) is 5.75 Å². The van der Waals surface area contributed by atoms with Crippen molar-refractivity contribution < 1.29 is 13.5 Å². The zero-order chi connectivity index (χ0) is 16.7. The Morgan fingerprint density at radius 2 is 2.00 bits per heavy atom. The third-order valence-electron chi connectivity index (χ3n) is 4.51. The number of hydrogen-bond donors (Lipinski definition) is 1. The molecule has 1 aliphatic rings. The maximum Gasteiger partial charge on any atom is 0.157 e. The van der Waals surface area contributed by atoms with E-state index in [2.05, 4.69) is 10.1 Å². The van der Waals surface area contributed by atoms with Crippen molar-refractivity contribution in [2.24, 2.45) is 0 Å². The van der Waals surface area contributed by atoms with Crippen molar-refractivity contribution in [1.82, 2.24) is 14.8 Å². The van der Waals surface area contributed by atoms with Crippen LogP contribution in [0.5, 0.6) is 0 Å². The number of rotatable bonds is 6. The van der Waals surface area contributed by atoms with Crippen molar-refractivity contribution in [1.29, 1.82) is 0 Å². The molecule has 0 radical (unpaired) electrons. The van der Waals surface area contributed by atoms with E-state index in [0.29, 0.717) is 23.4 Å². The minimum atomic E-state index is -3.35. The molecule has 2 atom stereocenters. The van der Waals surface area contributed by atoms with Crippen LogP contribution in [-0.2, 0) is 9.84 Å². The predicted molar refractivity (Wildman–Crippen MR) is 86.9 cm³/mol. The number of benzene rings is 1. The van der Waals surface area contributed by atoms with Crippen molar-refractivity contribution in [3.63, 3.8) is 0 Å². The minimum absolute atomic E-state index is 0.0333. The number of sulfone groups is 1. The van der Waals surface area contributed by atoms with Gasteiger partial charge < -0.3 is 5.11 Å². The fraction of sp³-hybridized carbons (Fsp3) is 0.467. The standard InChI is InChI=1S/C15H18ClN3O3S/c1-2-23(21,22)15(7-8-15)14(19-10-17-9-18-19)13(20)11-3-5-12(16)6-4-11/h3-6,9-10,13-14,20H,2,7-8H2,1H3. The molecule has 1 aromatic carbocycles. The topological polar surface area (TPSA) is 85.1 Å². The Bertz CT molecular complexity index is 771. The van der Waals surface area contributed by atoms with Crippen LogP contribution in [0.2, 0.25) is 5.02 Å². The second-order valence-corrected chi connectivity index (χ2v) is 8.84. The molecule has 1 heterocycles. The van der Waals surface area contributed by atoms with Gasteiger partial charge in [0.25, 0.3) is 0 Å². The van der Waals surface area contributed by atoms with E-state index in [1.54, 1.807) is 31.2 Å². The van der Waals surface area contributed by atoms with Crippen molar-refractivity contribution in [2.45, 2.75) is 36.7 Å². The predicted octanol–water partition coefficient (Wildman–Crippen LogP) is 2.17. The molecule has 0 bridgehead atoms. The molecule has 1 aliphatic carbocycles. The molecule has 1 fully saturated rings. The van der Waals surface area contributed by atoms with Gasteiger partial charge in [0.2, 0.25) is 0 Å². The molecule has 124 valence electrons. The summed E-state index contributed by atoms with van der Waals surface area (Å²) in [6.07, 6.45) is 2.81. The van der Waals surface area contributed by atoms with Gasteiger partial charge in [-0.2, -0.15) is 5.10 Å². The average molecular weight is 356 g/mol. The van der Waals surface area contributed by atoms with Gasteiger partial charge in [0, 0.05) is 10.8 Å². The molecule has 1 N–H and O–H groups in total. The third-order valence-corrected chi connectivity index (χ3v) is 7.41. The first-order valence-electron chi connectivity index (χ1n) is 7.41. The Labute approximate surface area is 140 Å². The first-order chi connectivity index (χ1) is 10.9. The fourth-order valence-electron chi connectivity index (χ4n) is 3.08. The highest BCUT2D eigenvalue weighted by molar-refractivity contribution is 7.93. The van der Waals surface area contributed by atoms with Gasteiger partial charge in [0.1, 0.15) is 24.8 Å². The maximum atomic E-state index is 12.6. The summed E-state index contributed by atoms with van der Waals surface area (Å²) >= 11 is 5.89. The number of nitrogens with zero attached hydrogens (tertiary/aromatic N) is 3. The Morgan fingerprint density at radius 3 is 2.48 bits per heavy atom. The van der Waals surface area contributed by atoms with Crippen LogP contribution < -0.4 is 0 Å². The Hall–Kier alpha value is -1.44. The molecule has 2 aromatic rings. The highest BCUT2D eigenvalue weighted by Gasteiger charge is 2.62. The smallest absolute Gasteiger partial charge is 0.157 e. The molecule has 0 spiro atoms. The third kappa shape index (κ3) is 2.77. The van der Waals surface area contributed by atoms with Gasteiger partial charge in [-0.1, -0.05) is 30.7 Å². The molecule has 2 unspecified atom stereocenters. The molecule has 8 heteroatoms. The SMILES string of the molecule is CCS(=O)(=O)C1(C(C(O)c2ccc(Cl)cc2)n2cncn2)CC1. The van der Waals surface area contributed by atoms with Gasteiger partial charge in [-0.05, 0) is 30.5 Å². The highest BCUT2D eigenvalue weighted by Crippen LogP contribution is 2.55. The number of aliphatic hydroxyl groups excluding tert-OH is 1. The van der Waals surface area contributed by atoms with E-state index in [9.17, 15) is 13.5 Å². The van der Waals surface area contributed by atoms with E-state index in [1.807, 2.05) is 0 Å². The van der Waals surface area contributed by atoms with Crippen LogP contribution in [-0.4, -0.2) is 38.8 Å². The number of halogens is 1. The van der Waals surface area contributed by atoms with Crippen LogP contribution in [0.15, 0.2) is 36.9 Å². The summed E-state index contributed by atoms with van der Waals surface area (Å²) in [5, 5.41) is 15.5. The summed E-state index contributed by atoms with van der Waals surface area (Å²) in [6, 6.07) is 6.03. The van der Waals surface area contributed by atoms with Crippen molar-refractivity contribution in [3.05, 3.63) is 47.5 Å². The molecule has 0 aliphatic heterocycles. The second kappa shape index (κ2) is 5.89. The molecule has 0 amide bonds. The number of hydrogen-bond acceptors (Lipinski definition) is 5. The summed E-state index contributed by atoms with van der Waals surface area (Å²) in [6.45, 7) is 1.63. The van der Waals surface area contributed by atoms with Crippen molar-refractivity contribution >= 4 is 21.4 Å². The maximum absolute atomic E-state index is 12.6. The van der Waals surface area contributed by atoms with Crippen LogP contribution in [0.3, 0.4) is 0 Å². The van der Waals surface area contributed by atoms with Gasteiger partial charge >= 0.3 is 0 Å². The summed E-state index contributed by atoms with van der Waals surface area (Å²) in [4.78, 5) is 3.91. The zero-order valence-corrected chi connectivity index (χ0v) is 14.2. The normalized spacial score (nSPS) is 19.3. The summed E-state index contributed by atoms with van der Waals surface area (Å²) in [5.74, 6) is 0.0333. The molecule has 23 heavy (non-hydrogen) atoms. The quantitative estimate of drug-likeness (QED) is 0.858. The van der Waals surface area contributed by atoms with Crippen LogP contribution in [0.4, 0.5) is 0 Å². The van der Waals surface area contributed by atoms with Crippen molar-refractivity contribution in [3.8, 4) is 0 Å². The van der Waals surface area contributed by atoms with Gasteiger partial charge in [-0.15, -0.1) is 0 Å². The average Bonchev–Trinajstić information content (AvgIpc) is 3.17. The van der Waals surface area contributed by atoms with E-state index in [4.69, 9.17) is 11.6 Å². The van der Waals surface area contributed by atoms with E-state index in [0.717, 1.165) is 0 Å². The first kappa shape index (κ1) is 16.4. The lowest BCUT2D eigenvalue weighted by Gasteiger charge is -2.31. The molecule has 1 aromatic heterocycles. The second-order valence-electron chi connectivity index (χ2n) is 5.78. The Morgan fingerprint density at radius 1 is 1.35 bits per heavy atom. The molecule has 0 saturated heterocycles. The molecular formula is C15H18ClN3O3S. The van der Waals surface area contributed by atoms with Crippen LogP contribution in [0, 0.1) is 0 Å². The Balaban J connectivity index is 2.06. The fourth-order valence-corrected chi connectivity index (χ4v) is 5.11. The summed E-state index contributed by atoms with van der Waals surface area (Å²) in [5.41, 5.74) is 0.604. The van der Waals surface area contributed by atoms with Gasteiger partial charge in [0.05, 0.1) is 4.75 Å². The largest absolute Gasteiger partial charge is 0.386 e. The van der Waals surface area contributed by atoms with E-state index >= 15 is 0 Å². The zero-order valence-electron chi connectivity index (χ0n) is 12.6. The Kier molecular flexibility index (Phi) is 4.20. The van der Waals surface area contributed by atoms with Gasteiger partial charge in [0.15, 0.2) is 9.84 Å². The van der Waals surface area contributed by atoms with Gasteiger partial charge in [-0.25, -0.2) is 18.1 Å². The van der Waals surface area contributed by atoms with E-state index < -0.39 is 26.7 Å². The van der Waals surface area contributed by atoms with Crippen LogP contribution in [0.25, 0.3) is 0 Å². The lowest BCUT2D eigenvalue weighted by atomic mass is 9.98. The van der Waals surface area contributed by atoms with Crippen LogP contribution in [0.1, 0.15) is 37.5 Å². The minimum Gasteiger partial charge on any atom is -0.386 e. The number of aromatic nitrogens is 3. The van der Waals surface area contributed by atoms with E-state index in [-0.39, 0.29) is 5.75 Å². The molecule has 1 saturated carbocycles. The summed E-state index contributed by atoms with van der Waals surface area (Å²) < 4.78 is 25.7. The molecule has 6 nitrogen and oxygen atoms in total. The molecular weight excluding hydrogens is 338 g/mol. The monoisotopic (exact) mass is 355 g/mol. The summed E-state index contributed by atoms with van der Waals surface area (Å²) in [7, 11) is -3.35. The first-order valence-corrected chi connectivity index (χ1v) is 9.44. The lowest BCUT2D eigenvalue weighted by Crippen LogP contribution is -2.39. The van der Waals surface area contributed by atoms with Crippen LogP contribution >= 0.6 is 11.6 Å². The number of aliphatic hydroxyl groups is 1. The van der Waals surface area contributed by atoms with Gasteiger partial charge in [-0.3, -0.25) is 0 Å². The van der Waals surface area contributed by atoms with E-state index in [1.165, 1.54) is 17.3 Å². The lowest BCUT2D eigenvalue weighted by molar-refractivity contribution is 0.0984. The highest BCUT2D eigenvalue weighted by atomic mass is 35.5.